The van der Waals surface area contributed by atoms with Crippen LogP contribution in [0.3, 0.4) is 0 Å². The van der Waals surface area contributed by atoms with E-state index in [1.54, 1.807) is 0 Å². The Balaban J connectivity index is 1.74. The molecule has 0 saturated carbocycles. The van der Waals surface area contributed by atoms with Gasteiger partial charge in [0.25, 0.3) is 5.91 Å². The number of carbonyl (C=O) groups excluding carboxylic acids is 1. The zero-order valence-electron chi connectivity index (χ0n) is 15.7. The summed E-state index contributed by atoms with van der Waals surface area (Å²) in [7, 11) is 0. The Morgan fingerprint density at radius 3 is 2.30 bits per heavy atom. The predicted molar refractivity (Wildman–Crippen MR) is 120 cm³/mol. The first kappa shape index (κ1) is 19.5. The van der Waals surface area contributed by atoms with E-state index in [0.29, 0.717) is 9.23 Å². The fraction of sp³-hybridized carbons (Fsp3) is 0.238. The molecule has 1 amide bonds. The minimum Gasteiger partial charge on any atom is -0.372 e. The molecule has 1 heterocycles. The van der Waals surface area contributed by atoms with Crippen molar-refractivity contribution in [3.8, 4) is 0 Å². The quantitative estimate of drug-likeness (QED) is 0.544. The topological polar surface area (TPSA) is 35.6 Å². The smallest absolute Gasteiger partial charge is 0.285 e. The molecule has 0 unspecified atom stereocenters. The highest BCUT2D eigenvalue weighted by Gasteiger charge is 2.32. The standard InChI is InChI=1S/C21H23N3OS2/c1-4-23(5-2)18-12-8-16(9-13-18)14-19-20(25)24(21(26)27-19)22-17-10-6-15(3)7-11-17/h6-14,22H,4-5H2,1-3H3/b19-14+. The molecule has 1 aliphatic heterocycles. The first-order chi connectivity index (χ1) is 13.0. The average Bonchev–Trinajstić information content (AvgIpc) is 2.93. The third kappa shape index (κ3) is 4.51. The molecule has 1 N–H and O–H groups in total. The number of nitrogens with zero attached hydrogens (tertiary/aromatic N) is 2. The summed E-state index contributed by atoms with van der Waals surface area (Å²) in [6.07, 6.45) is 1.89. The second kappa shape index (κ2) is 8.59. The van der Waals surface area contributed by atoms with Crippen LogP contribution in [0.1, 0.15) is 25.0 Å². The van der Waals surface area contributed by atoms with Crippen LogP contribution in [0.2, 0.25) is 0 Å². The second-order valence-electron chi connectivity index (χ2n) is 6.26. The van der Waals surface area contributed by atoms with Crippen LogP contribution in [0.5, 0.6) is 0 Å². The SMILES string of the molecule is CCN(CC)c1ccc(/C=C2/SC(=S)N(Nc3ccc(C)cc3)C2=O)cc1. The molecule has 0 aliphatic carbocycles. The number of carbonyl (C=O) groups is 1. The van der Waals surface area contributed by atoms with Gasteiger partial charge < -0.3 is 4.90 Å². The summed E-state index contributed by atoms with van der Waals surface area (Å²) in [6, 6.07) is 16.1. The summed E-state index contributed by atoms with van der Waals surface area (Å²) >= 11 is 6.69. The van der Waals surface area contributed by atoms with Crippen LogP contribution in [-0.2, 0) is 4.79 Å². The van der Waals surface area contributed by atoms with Gasteiger partial charge in [-0.15, -0.1) is 0 Å². The van der Waals surface area contributed by atoms with E-state index >= 15 is 0 Å². The monoisotopic (exact) mass is 397 g/mol. The molecule has 0 radical (unpaired) electrons. The van der Waals surface area contributed by atoms with Crippen molar-refractivity contribution >= 4 is 51.7 Å². The highest BCUT2D eigenvalue weighted by atomic mass is 32.2. The number of hydrazine groups is 1. The molecule has 1 saturated heterocycles. The molecule has 0 aromatic heterocycles. The fourth-order valence-corrected chi connectivity index (χ4v) is 4.02. The summed E-state index contributed by atoms with van der Waals surface area (Å²) in [4.78, 5) is 15.6. The Labute approximate surface area is 170 Å². The highest BCUT2D eigenvalue weighted by Crippen LogP contribution is 2.33. The summed E-state index contributed by atoms with van der Waals surface area (Å²) < 4.78 is 0.506. The molecule has 6 heteroatoms. The Hall–Kier alpha value is -2.31. The summed E-state index contributed by atoms with van der Waals surface area (Å²) in [5, 5.41) is 1.43. The van der Waals surface area contributed by atoms with Crippen LogP contribution < -0.4 is 10.3 Å². The Morgan fingerprint density at radius 1 is 1.07 bits per heavy atom. The van der Waals surface area contributed by atoms with Crippen molar-refractivity contribution in [1.29, 1.82) is 0 Å². The normalized spacial score (nSPS) is 15.5. The van der Waals surface area contributed by atoms with Gasteiger partial charge in [0, 0.05) is 18.8 Å². The average molecular weight is 398 g/mol. The fourth-order valence-electron chi connectivity index (χ4n) is 2.84. The molecular weight excluding hydrogens is 374 g/mol. The number of amides is 1. The predicted octanol–water partition coefficient (Wildman–Crippen LogP) is 5.07. The lowest BCUT2D eigenvalue weighted by atomic mass is 10.1. The van der Waals surface area contributed by atoms with Gasteiger partial charge >= 0.3 is 0 Å². The summed E-state index contributed by atoms with van der Waals surface area (Å²) in [6.45, 7) is 8.25. The van der Waals surface area contributed by atoms with Crippen molar-refractivity contribution in [2.45, 2.75) is 20.8 Å². The van der Waals surface area contributed by atoms with E-state index in [0.717, 1.165) is 24.3 Å². The van der Waals surface area contributed by atoms with Crippen LogP contribution >= 0.6 is 24.0 Å². The second-order valence-corrected chi connectivity index (χ2v) is 7.93. The molecule has 0 atom stereocenters. The lowest BCUT2D eigenvalue weighted by molar-refractivity contribution is -0.121. The summed E-state index contributed by atoms with van der Waals surface area (Å²) in [5.41, 5.74) is 7.27. The van der Waals surface area contributed by atoms with Crippen molar-refractivity contribution < 1.29 is 4.79 Å². The van der Waals surface area contributed by atoms with Crippen LogP contribution in [0.4, 0.5) is 11.4 Å². The van der Waals surface area contributed by atoms with E-state index in [9.17, 15) is 4.79 Å². The van der Waals surface area contributed by atoms with Gasteiger partial charge in [0.05, 0.1) is 10.6 Å². The van der Waals surface area contributed by atoms with E-state index in [4.69, 9.17) is 12.2 Å². The van der Waals surface area contributed by atoms with E-state index in [2.05, 4.69) is 36.3 Å². The first-order valence-corrected chi connectivity index (χ1v) is 10.2. The molecule has 0 spiro atoms. The third-order valence-electron chi connectivity index (χ3n) is 4.41. The largest absolute Gasteiger partial charge is 0.372 e. The highest BCUT2D eigenvalue weighted by molar-refractivity contribution is 8.26. The summed E-state index contributed by atoms with van der Waals surface area (Å²) in [5.74, 6) is -0.126. The van der Waals surface area contributed by atoms with E-state index in [-0.39, 0.29) is 5.91 Å². The van der Waals surface area contributed by atoms with E-state index in [1.165, 1.54) is 28.0 Å². The number of benzene rings is 2. The first-order valence-electron chi connectivity index (χ1n) is 8.98. The van der Waals surface area contributed by atoms with Gasteiger partial charge in [0.15, 0.2) is 4.32 Å². The molecule has 4 nitrogen and oxygen atoms in total. The molecule has 0 bridgehead atoms. The Bertz CT molecular complexity index is 856. The van der Waals surface area contributed by atoms with Gasteiger partial charge in [0.2, 0.25) is 0 Å². The number of nitrogens with one attached hydrogen (secondary N) is 1. The van der Waals surface area contributed by atoms with E-state index in [1.807, 2.05) is 49.4 Å². The number of hydrogen-bond donors (Lipinski definition) is 1. The van der Waals surface area contributed by atoms with E-state index < -0.39 is 0 Å². The van der Waals surface area contributed by atoms with Crippen LogP contribution in [0, 0.1) is 6.92 Å². The number of thioether (sulfide) groups is 1. The number of hydrogen-bond acceptors (Lipinski definition) is 5. The minimum absolute atomic E-state index is 0.126. The zero-order chi connectivity index (χ0) is 19.4. The van der Waals surface area contributed by atoms with Crippen LogP contribution in [0.15, 0.2) is 53.4 Å². The van der Waals surface area contributed by atoms with Crippen LogP contribution in [-0.4, -0.2) is 28.3 Å². The number of anilines is 2. The van der Waals surface area contributed by atoms with Gasteiger partial charge in [-0.3, -0.25) is 10.2 Å². The maximum absolute atomic E-state index is 12.7. The molecule has 1 fully saturated rings. The number of aryl methyl sites for hydroxylation is 1. The molecule has 2 aromatic rings. The Morgan fingerprint density at radius 2 is 1.70 bits per heavy atom. The van der Waals surface area contributed by atoms with Gasteiger partial charge in [-0.05, 0) is 68.9 Å². The maximum Gasteiger partial charge on any atom is 0.285 e. The van der Waals surface area contributed by atoms with Crippen molar-refractivity contribution in [2.24, 2.45) is 0 Å². The van der Waals surface area contributed by atoms with Gasteiger partial charge in [-0.25, -0.2) is 5.01 Å². The third-order valence-corrected chi connectivity index (χ3v) is 5.71. The molecule has 2 aromatic carbocycles. The zero-order valence-corrected chi connectivity index (χ0v) is 17.4. The van der Waals surface area contributed by atoms with Crippen LogP contribution in [0.25, 0.3) is 6.08 Å². The lowest BCUT2D eigenvalue weighted by Gasteiger charge is -2.20. The number of thiocarbonyl (C=S) groups is 1. The molecule has 140 valence electrons. The maximum atomic E-state index is 12.7. The van der Waals surface area contributed by atoms with Crippen molar-refractivity contribution in [1.82, 2.24) is 5.01 Å². The minimum atomic E-state index is -0.126. The molecule has 27 heavy (non-hydrogen) atoms. The molecular formula is C21H23N3OS2. The number of rotatable bonds is 6. The van der Waals surface area contributed by atoms with Crippen molar-refractivity contribution in [2.75, 3.05) is 23.4 Å². The molecule has 3 rings (SSSR count). The Kier molecular flexibility index (Phi) is 6.19. The lowest BCUT2D eigenvalue weighted by Crippen LogP contribution is -2.33. The van der Waals surface area contributed by atoms with Crippen molar-refractivity contribution in [3.05, 3.63) is 64.6 Å². The van der Waals surface area contributed by atoms with Crippen molar-refractivity contribution in [3.63, 3.8) is 0 Å². The van der Waals surface area contributed by atoms with Gasteiger partial charge in [-0.1, -0.05) is 41.6 Å². The van der Waals surface area contributed by atoms with Gasteiger partial charge in [0.1, 0.15) is 0 Å². The van der Waals surface area contributed by atoms with Gasteiger partial charge in [-0.2, -0.15) is 0 Å². The molecule has 1 aliphatic rings.